The first-order valence-electron chi connectivity index (χ1n) is 20.1. The molecule has 0 N–H and O–H groups in total. The second-order valence-electron chi connectivity index (χ2n) is 22.1. The van der Waals surface area contributed by atoms with Gasteiger partial charge in [0.2, 0.25) is 0 Å². The Morgan fingerprint density at radius 1 is 0.259 bits per heavy atom. The Morgan fingerprint density at radius 2 is 0.500 bits per heavy atom. The van der Waals surface area contributed by atoms with Crippen molar-refractivity contribution in [2.45, 2.75) is 157 Å². The second kappa shape index (κ2) is 14.0. The molecule has 5 aromatic rings. The molecule has 1 aromatic heterocycles. The molecule has 0 radical (unpaired) electrons. The van der Waals surface area contributed by atoms with E-state index < -0.39 is 0 Å². The lowest BCUT2D eigenvalue weighted by atomic mass is 9.78. The third-order valence-corrected chi connectivity index (χ3v) is 10.9. The lowest BCUT2D eigenvalue weighted by Crippen LogP contribution is -2.17. The molecule has 5 rings (SSSR count). The van der Waals surface area contributed by atoms with E-state index in [1.165, 1.54) is 66.8 Å². The summed E-state index contributed by atoms with van der Waals surface area (Å²) < 4.78 is 0. The van der Waals surface area contributed by atoms with E-state index in [4.69, 9.17) is 4.98 Å². The summed E-state index contributed by atoms with van der Waals surface area (Å²) in [7, 11) is 0. The van der Waals surface area contributed by atoms with Crippen LogP contribution in [-0.4, -0.2) is 4.98 Å². The Labute approximate surface area is 330 Å². The van der Waals surface area contributed by atoms with Gasteiger partial charge in [0.15, 0.2) is 0 Å². The van der Waals surface area contributed by atoms with Gasteiger partial charge >= 0.3 is 0 Å². The summed E-state index contributed by atoms with van der Waals surface area (Å²) >= 11 is 0. The minimum atomic E-state index is 0.000924. The molecule has 0 bridgehead atoms. The van der Waals surface area contributed by atoms with E-state index in [-0.39, 0.29) is 32.5 Å². The number of hydrogen-bond acceptors (Lipinski definition) is 1. The zero-order chi connectivity index (χ0) is 40.4. The fraction of sp³-hybridized carbons (Fsp3) is 0.453. The Kier molecular flexibility index (Phi) is 10.6. The summed E-state index contributed by atoms with van der Waals surface area (Å²) in [6.45, 7) is 41.6. The van der Waals surface area contributed by atoms with Crippen LogP contribution in [0.1, 0.15) is 158 Å². The van der Waals surface area contributed by atoms with Gasteiger partial charge in [-0.05, 0) is 131 Å². The molecule has 1 nitrogen and oxygen atoms in total. The highest BCUT2D eigenvalue weighted by atomic mass is 14.7. The van der Waals surface area contributed by atoms with E-state index in [2.05, 4.69) is 216 Å². The van der Waals surface area contributed by atoms with Gasteiger partial charge < -0.3 is 0 Å². The van der Waals surface area contributed by atoms with E-state index in [1.54, 1.807) is 0 Å². The number of hydrogen-bond donors (Lipinski definition) is 0. The molecule has 4 aromatic carbocycles. The van der Waals surface area contributed by atoms with Crippen molar-refractivity contribution in [1.29, 1.82) is 0 Å². The quantitative estimate of drug-likeness (QED) is 0.180. The molecule has 0 aliphatic heterocycles. The lowest BCUT2D eigenvalue weighted by molar-refractivity contribution is 0.568. The molecule has 0 saturated carbocycles. The molecule has 0 amide bonds. The summed E-state index contributed by atoms with van der Waals surface area (Å²) in [5.41, 5.74) is 17.4. The van der Waals surface area contributed by atoms with Crippen LogP contribution in [0.4, 0.5) is 0 Å². The molecule has 286 valence electrons. The summed E-state index contributed by atoms with van der Waals surface area (Å²) in [6.07, 6.45) is 0. The fourth-order valence-electron chi connectivity index (χ4n) is 6.81. The molecule has 0 fully saturated rings. The number of aromatic nitrogens is 1. The van der Waals surface area contributed by atoms with E-state index in [9.17, 15) is 0 Å². The van der Waals surface area contributed by atoms with Crippen molar-refractivity contribution in [3.63, 3.8) is 0 Å². The van der Waals surface area contributed by atoms with Crippen molar-refractivity contribution in [2.24, 2.45) is 0 Å². The Hall–Kier alpha value is -3.97. The van der Waals surface area contributed by atoms with Crippen LogP contribution in [-0.2, 0) is 32.5 Å². The highest BCUT2D eigenvalue weighted by Gasteiger charge is 2.25. The van der Waals surface area contributed by atoms with Crippen LogP contribution in [0.15, 0.2) is 91.0 Å². The van der Waals surface area contributed by atoms with Crippen LogP contribution < -0.4 is 0 Å². The van der Waals surface area contributed by atoms with Gasteiger partial charge in [-0.15, -0.1) is 0 Å². The van der Waals surface area contributed by atoms with Gasteiger partial charge in [-0.2, -0.15) is 0 Å². The van der Waals surface area contributed by atoms with Crippen molar-refractivity contribution in [2.75, 3.05) is 0 Å². The number of rotatable bonds is 4. The van der Waals surface area contributed by atoms with E-state index in [0.29, 0.717) is 0 Å². The SMILES string of the molecule is CC(C)(C)c1cc(-c2cccc(-c3cc(-c4cc(C(C)(C)C)cc(C(C)(C)C)c4)nc(-c4cc(C(C)(C)C)cc(C(C)(C)C)c4)c3)c2)cc(C(C)(C)C)c1. The van der Waals surface area contributed by atoms with Crippen molar-refractivity contribution in [3.8, 4) is 44.8 Å². The minimum absolute atomic E-state index is 0.000924. The van der Waals surface area contributed by atoms with Crippen molar-refractivity contribution in [1.82, 2.24) is 4.98 Å². The Balaban J connectivity index is 1.83. The predicted octanol–water partition coefficient (Wildman–Crippen LogP) is 15.5. The monoisotopic (exact) mass is 720 g/mol. The van der Waals surface area contributed by atoms with Gasteiger partial charge in [-0.1, -0.05) is 173 Å². The van der Waals surface area contributed by atoms with E-state index in [1.807, 2.05) is 0 Å². The van der Waals surface area contributed by atoms with Crippen LogP contribution >= 0.6 is 0 Å². The average Bonchev–Trinajstić information content (AvgIpc) is 3.05. The van der Waals surface area contributed by atoms with Crippen LogP contribution in [0.2, 0.25) is 0 Å². The molecule has 0 saturated heterocycles. The maximum Gasteiger partial charge on any atom is 0.0715 e. The van der Waals surface area contributed by atoms with Gasteiger partial charge in [0.25, 0.3) is 0 Å². The average molecular weight is 720 g/mol. The van der Waals surface area contributed by atoms with Gasteiger partial charge in [-0.3, -0.25) is 0 Å². The zero-order valence-electron chi connectivity index (χ0n) is 37.1. The molecular weight excluding hydrogens is 651 g/mol. The lowest BCUT2D eigenvalue weighted by Gasteiger charge is -2.27. The third-order valence-electron chi connectivity index (χ3n) is 10.9. The molecule has 0 unspecified atom stereocenters. The maximum absolute atomic E-state index is 5.55. The Morgan fingerprint density at radius 3 is 0.759 bits per heavy atom. The second-order valence-corrected chi connectivity index (χ2v) is 22.1. The topological polar surface area (TPSA) is 12.9 Å². The summed E-state index contributed by atoms with van der Waals surface area (Å²) in [5.74, 6) is 0. The van der Waals surface area contributed by atoms with Gasteiger partial charge in [-0.25, -0.2) is 4.98 Å². The summed E-state index contributed by atoms with van der Waals surface area (Å²) in [4.78, 5) is 5.55. The fourth-order valence-corrected chi connectivity index (χ4v) is 6.81. The van der Waals surface area contributed by atoms with Crippen LogP contribution in [0.5, 0.6) is 0 Å². The number of pyridine rings is 1. The zero-order valence-corrected chi connectivity index (χ0v) is 37.1. The summed E-state index contributed by atoms with van der Waals surface area (Å²) in [5, 5.41) is 0. The van der Waals surface area contributed by atoms with Gasteiger partial charge in [0.1, 0.15) is 0 Å². The largest absolute Gasteiger partial charge is 0.248 e. The standard InChI is InChI=1S/C53H69N/c1-48(2,3)40-23-36(24-41(31-40)49(4,5)6)34-20-19-21-35(22-34)37-29-46(38-25-42(50(7,8)9)32-43(26-38)51(10,11)12)54-47(30-37)39-27-44(52(13,14)15)33-45(28-39)53(16,17)18/h19-33H,1-18H3. The first-order chi connectivity index (χ1) is 24.5. The molecule has 1 heteroatoms. The van der Waals surface area contributed by atoms with Crippen molar-refractivity contribution in [3.05, 3.63) is 124 Å². The predicted molar refractivity (Wildman–Crippen MR) is 238 cm³/mol. The maximum atomic E-state index is 5.55. The molecule has 0 aliphatic carbocycles. The smallest absolute Gasteiger partial charge is 0.0715 e. The normalized spacial score (nSPS) is 13.4. The molecule has 1 heterocycles. The first kappa shape index (κ1) is 41.2. The highest BCUT2D eigenvalue weighted by molar-refractivity contribution is 5.80. The van der Waals surface area contributed by atoms with Crippen LogP contribution in [0.3, 0.4) is 0 Å². The van der Waals surface area contributed by atoms with E-state index >= 15 is 0 Å². The number of nitrogens with zero attached hydrogens (tertiary/aromatic N) is 1. The highest BCUT2D eigenvalue weighted by Crippen LogP contribution is 2.40. The van der Waals surface area contributed by atoms with Crippen molar-refractivity contribution < 1.29 is 0 Å². The molecular formula is C53H69N. The molecule has 0 aliphatic rings. The van der Waals surface area contributed by atoms with Crippen molar-refractivity contribution >= 4 is 0 Å². The minimum Gasteiger partial charge on any atom is -0.248 e. The van der Waals surface area contributed by atoms with E-state index in [0.717, 1.165) is 11.4 Å². The third kappa shape index (κ3) is 9.45. The summed E-state index contributed by atoms with van der Waals surface area (Å²) in [6, 6.07) is 35.3. The number of benzene rings is 4. The van der Waals surface area contributed by atoms with Gasteiger partial charge in [0.05, 0.1) is 11.4 Å². The Bertz CT molecular complexity index is 1960. The molecule has 0 spiro atoms. The molecule has 54 heavy (non-hydrogen) atoms. The van der Waals surface area contributed by atoms with Crippen LogP contribution in [0, 0.1) is 0 Å². The molecule has 0 atom stereocenters. The van der Waals surface area contributed by atoms with Crippen LogP contribution in [0.25, 0.3) is 44.8 Å². The van der Waals surface area contributed by atoms with Gasteiger partial charge in [0, 0.05) is 11.1 Å². The first-order valence-corrected chi connectivity index (χ1v) is 20.1.